The van der Waals surface area contributed by atoms with Crippen molar-refractivity contribution >= 4 is 11.6 Å². The van der Waals surface area contributed by atoms with E-state index in [4.69, 9.17) is 10.5 Å². The van der Waals surface area contributed by atoms with Gasteiger partial charge in [-0.05, 0) is 30.7 Å². The van der Waals surface area contributed by atoms with E-state index in [-0.39, 0.29) is 11.9 Å². The van der Waals surface area contributed by atoms with Gasteiger partial charge in [-0.25, -0.2) is 0 Å². The Hall–Kier alpha value is -2.56. The number of aromatic nitrogens is 1. The fourth-order valence-electron chi connectivity index (χ4n) is 1.86. The largest absolute Gasteiger partial charge is 0.497 e. The maximum Gasteiger partial charge on any atom is 0.253 e. The number of carbonyl (C=O) groups excluding carboxylic acids is 1. The molecular weight excluding hydrogens is 254 g/mol. The Kier molecular flexibility index (Phi) is 4.20. The van der Waals surface area contributed by atoms with E-state index >= 15 is 0 Å². The summed E-state index contributed by atoms with van der Waals surface area (Å²) in [5.74, 6) is 0.404. The van der Waals surface area contributed by atoms with E-state index in [0.717, 1.165) is 5.56 Å². The van der Waals surface area contributed by atoms with E-state index in [1.165, 1.54) is 0 Å². The van der Waals surface area contributed by atoms with Gasteiger partial charge in [0.2, 0.25) is 0 Å². The SMILES string of the molecule is COc1ccc(C(=O)NC(C)c2cccnc2)c(N)c1. The van der Waals surface area contributed by atoms with E-state index in [2.05, 4.69) is 10.3 Å². The molecule has 0 bridgehead atoms. The first-order valence-corrected chi connectivity index (χ1v) is 6.26. The van der Waals surface area contributed by atoms with Crippen molar-refractivity contribution in [1.82, 2.24) is 10.3 Å². The molecule has 1 amide bonds. The molecule has 3 N–H and O–H groups in total. The Morgan fingerprint density at radius 3 is 2.80 bits per heavy atom. The minimum Gasteiger partial charge on any atom is -0.497 e. The summed E-state index contributed by atoms with van der Waals surface area (Å²) in [4.78, 5) is 16.2. The molecule has 0 fully saturated rings. The third-order valence-corrected chi connectivity index (χ3v) is 3.04. The Bertz CT molecular complexity index is 599. The first-order valence-electron chi connectivity index (χ1n) is 6.26. The fourth-order valence-corrected chi connectivity index (χ4v) is 1.86. The standard InChI is InChI=1S/C15H17N3O2/c1-10(11-4-3-7-17-9-11)18-15(19)13-6-5-12(20-2)8-14(13)16/h3-10H,16H2,1-2H3,(H,18,19). The van der Waals surface area contributed by atoms with E-state index < -0.39 is 0 Å². The highest BCUT2D eigenvalue weighted by atomic mass is 16.5. The first kappa shape index (κ1) is 13.9. The molecule has 0 spiro atoms. The number of hydrogen-bond donors (Lipinski definition) is 2. The Labute approximate surface area is 117 Å². The minimum atomic E-state index is -0.221. The van der Waals surface area contributed by atoms with Crippen molar-refractivity contribution in [3.8, 4) is 5.75 Å². The molecule has 5 nitrogen and oxygen atoms in total. The third kappa shape index (κ3) is 3.06. The maximum atomic E-state index is 12.2. The van der Waals surface area contributed by atoms with Gasteiger partial charge in [0, 0.05) is 24.1 Å². The van der Waals surface area contributed by atoms with Gasteiger partial charge >= 0.3 is 0 Å². The average molecular weight is 271 g/mol. The Morgan fingerprint density at radius 2 is 2.20 bits per heavy atom. The zero-order valence-corrected chi connectivity index (χ0v) is 11.5. The zero-order chi connectivity index (χ0) is 14.5. The number of rotatable bonds is 4. The molecule has 1 aromatic heterocycles. The zero-order valence-electron chi connectivity index (χ0n) is 11.5. The summed E-state index contributed by atoms with van der Waals surface area (Å²) >= 11 is 0. The molecule has 5 heteroatoms. The van der Waals surface area contributed by atoms with Crippen molar-refractivity contribution in [3.05, 3.63) is 53.9 Å². The number of nitrogen functional groups attached to an aromatic ring is 1. The molecule has 1 heterocycles. The molecule has 0 aliphatic carbocycles. The molecular formula is C15H17N3O2. The highest BCUT2D eigenvalue weighted by molar-refractivity contribution is 5.99. The number of hydrogen-bond acceptors (Lipinski definition) is 4. The highest BCUT2D eigenvalue weighted by Gasteiger charge is 2.14. The summed E-state index contributed by atoms with van der Waals surface area (Å²) in [6.45, 7) is 1.90. The van der Waals surface area contributed by atoms with Crippen LogP contribution in [0.15, 0.2) is 42.7 Å². The second-order valence-corrected chi connectivity index (χ2v) is 4.43. The third-order valence-electron chi connectivity index (χ3n) is 3.04. The van der Waals surface area contributed by atoms with Crippen LogP contribution in [-0.2, 0) is 0 Å². The van der Waals surface area contributed by atoms with Crippen LogP contribution < -0.4 is 15.8 Å². The van der Waals surface area contributed by atoms with Crippen molar-refractivity contribution in [2.24, 2.45) is 0 Å². The number of nitrogens with two attached hydrogens (primary N) is 1. The minimum absolute atomic E-state index is 0.141. The molecule has 0 aliphatic heterocycles. The number of anilines is 1. The van der Waals surface area contributed by atoms with Crippen LogP contribution in [0.2, 0.25) is 0 Å². The van der Waals surface area contributed by atoms with Crippen LogP contribution in [0.25, 0.3) is 0 Å². The number of pyridine rings is 1. The molecule has 1 aromatic carbocycles. The number of methoxy groups -OCH3 is 1. The van der Waals surface area contributed by atoms with Gasteiger partial charge in [0.05, 0.1) is 18.7 Å². The van der Waals surface area contributed by atoms with Gasteiger partial charge in [-0.1, -0.05) is 6.07 Å². The van der Waals surface area contributed by atoms with Gasteiger partial charge in [-0.3, -0.25) is 9.78 Å². The highest BCUT2D eigenvalue weighted by Crippen LogP contribution is 2.20. The van der Waals surface area contributed by atoms with Gasteiger partial charge in [0.1, 0.15) is 5.75 Å². The van der Waals surface area contributed by atoms with Gasteiger partial charge in [0.15, 0.2) is 0 Å². The van der Waals surface area contributed by atoms with Crippen LogP contribution >= 0.6 is 0 Å². The van der Waals surface area contributed by atoms with Gasteiger partial charge in [0.25, 0.3) is 5.91 Å². The van der Waals surface area contributed by atoms with Crippen molar-refractivity contribution in [3.63, 3.8) is 0 Å². The summed E-state index contributed by atoms with van der Waals surface area (Å²) in [5.41, 5.74) is 7.62. The molecule has 0 saturated heterocycles. The second-order valence-electron chi connectivity index (χ2n) is 4.43. The van der Waals surface area contributed by atoms with Gasteiger partial charge in [-0.15, -0.1) is 0 Å². The number of ether oxygens (including phenoxy) is 1. The fraction of sp³-hybridized carbons (Fsp3) is 0.200. The summed E-state index contributed by atoms with van der Waals surface area (Å²) in [6.07, 6.45) is 3.42. The van der Waals surface area contributed by atoms with Crippen LogP contribution in [-0.4, -0.2) is 18.0 Å². The number of nitrogens with one attached hydrogen (secondary N) is 1. The number of benzene rings is 1. The number of carbonyl (C=O) groups is 1. The lowest BCUT2D eigenvalue weighted by molar-refractivity contribution is 0.0940. The van der Waals surface area contributed by atoms with E-state index in [1.54, 1.807) is 37.7 Å². The lowest BCUT2D eigenvalue weighted by atomic mass is 10.1. The Balaban J connectivity index is 2.12. The lowest BCUT2D eigenvalue weighted by Gasteiger charge is -2.15. The smallest absolute Gasteiger partial charge is 0.253 e. The van der Waals surface area contributed by atoms with E-state index in [0.29, 0.717) is 17.0 Å². The molecule has 0 radical (unpaired) electrons. The van der Waals surface area contributed by atoms with E-state index in [9.17, 15) is 4.79 Å². The van der Waals surface area contributed by atoms with Crippen LogP contribution in [0.3, 0.4) is 0 Å². The van der Waals surface area contributed by atoms with Crippen LogP contribution in [0, 0.1) is 0 Å². The Morgan fingerprint density at radius 1 is 1.40 bits per heavy atom. The molecule has 104 valence electrons. The number of nitrogens with zero attached hydrogens (tertiary/aromatic N) is 1. The normalized spacial score (nSPS) is 11.7. The second kappa shape index (κ2) is 6.06. The van der Waals surface area contributed by atoms with E-state index in [1.807, 2.05) is 19.1 Å². The van der Waals surface area contributed by atoms with Gasteiger partial charge in [-0.2, -0.15) is 0 Å². The predicted molar refractivity (Wildman–Crippen MR) is 77.5 cm³/mol. The molecule has 1 unspecified atom stereocenters. The van der Waals surface area contributed by atoms with Crippen molar-refractivity contribution < 1.29 is 9.53 Å². The van der Waals surface area contributed by atoms with Gasteiger partial charge < -0.3 is 15.8 Å². The quantitative estimate of drug-likeness (QED) is 0.835. The summed E-state index contributed by atoms with van der Waals surface area (Å²) < 4.78 is 5.06. The predicted octanol–water partition coefficient (Wildman–Crippen LogP) is 2.16. The van der Waals surface area contributed by atoms with Crippen LogP contribution in [0.5, 0.6) is 5.75 Å². The van der Waals surface area contributed by atoms with Crippen LogP contribution in [0.1, 0.15) is 28.9 Å². The first-order chi connectivity index (χ1) is 9.61. The molecule has 2 aromatic rings. The lowest BCUT2D eigenvalue weighted by Crippen LogP contribution is -2.27. The number of amides is 1. The molecule has 1 atom stereocenters. The summed E-state index contributed by atoms with van der Waals surface area (Å²) in [6, 6.07) is 8.59. The van der Waals surface area contributed by atoms with Crippen LogP contribution in [0.4, 0.5) is 5.69 Å². The molecule has 0 saturated carbocycles. The summed E-state index contributed by atoms with van der Waals surface area (Å²) in [5, 5.41) is 2.89. The topological polar surface area (TPSA) is 77.2 Å². The summed E-state index contributed by atoms with van der Waals surface area (Å²) in [7, 11) is 1.55. The maximum absolute atomic E-state index is 12.2. The molecule has 0 aliphatic rings. The molecule has 20 heavy (non-hydrogen) atoms. The van der Waals surface area contributed by atoms with Crippen molar-refractivity contribution in [2.45, 2.75) is 13.0 Å². The van der Waals surface area contributed by atoms with Crippen molar-refractivity contribution in [2.75, 3.05) is 12.8 Å². The van der Waals surface area contributed by atoms with Crippen molar-refractivity contribution in [1.29, 1.82) is 0 Å². The monoisotopic (exact) mass is 271 g/mol. The average Bonchev–Trinajstić information content (AvgIpc) is 2.47. The molecule has 2 rings (SSSR count).